The molecule has 0 saturated carbocycles. The number of nitrogens with one attached hydrogen (secondary N) is 2. The van der Waals surface area contributed by atoms with Crippen LogP contribution in [0.3, 0.4) is 0 Å². The van der Waals surface area contributed by atoms with Gasteiger partial charge in [-0.05, 0) is 25.1 Å². The molecule has 1 rings (SSSR count). The molecule has 0 aliphatic rings. The Morgan fingerprint density at radius 2 is 2.06 bits per heavy atom. The van der Waals surface area contributed by atoms with E-state index in [1.807, 2.05) is 6.92 Å². The van der Waals surface area contributed by atoms with E-state index in [4.69, 9.17) is 5.73 Å². The van der Waals surface area contributed by atoms with E-state index in [1.54, 1.807) is 0 Å². The molecule has 2 amide bonds. The van der Waals surface area contributed by atoms with Gasteiger partial charge < -0.3 is 16.4 Å². The predicted molar refractivity (Wildman–Crippen MR) is 66.4 cm³/mol. The fraction of sp³-hybridized carbons (Fsp3) is 0.333. The van der Waals surface area contributed by atoms with Gasteiger partial charge in [-0.15, -0.1) is 0 Å². The van der Waals surface area contributed by atoms with Gasteiger partial charge in [0, 0.05) is 25.1 Å². The average molecular weight is 253 g/mol. The molecular formula is C12H16FN3O2. The number of anilines is 1. The van der Waals surface area contributed by atoms with Gasteiger partial charge >= 0.3 is 0 Å². The standard InChI is InChI=1S/C12H16FN3O2/c1-2-15-11(17)5-6-16-12(18)8-3-4-9(13)10(14)7-8/h3-4,7H,2,5-6,14H2,1H3,(H,15,17)(H,16,18). The maximum absolute atomic E-state index is 12.9. The summed E-state index contributed by atoms with van der Waals surface area (Å²) in [5.74, 6) is -1.07. The van der Waals surface area contributed by atoms with Crippen molar-refractivity contribution in [2.45, 2.75) is 13.3 Å². The van der Waals surface area contributed by atoms with Gasteiger partial charge in [0.05, 0.1) is 5.69 Å². The summed E-state index contributed by atoms with van der Waals surface area (Å²) in [6.45, 7) is 2.60. The number of nitrogen functional groups attached to an aromatic ring is 1. The van der Waals surface area contributed by atoms with Crippen LogP contribution in [-0.4, -0.2) is 24.9 Å². The Hall–Kier alpha value is -2.11. The lowest BCUT2D eigenvalue weighted by molar-refractivity contribution is -0.120. The number of halogens is 1. The quantitative estimate of drug-likeness (QED) is 0.674. The molecule has 0 heterocycles. The van der Waals surface area contributed by atoms with Crippen molar-refractivity contribution in [2.24, 2.45) is 0 Å². The van der Waals surface area contributed by atoms with Crippen LogP contribution >= 0.6 is 0 Å². The first-order chi connectivity index (χ1) is 8.54. The molecular weight excluding hydrogens is 237 g/mol. The minimum absolute atomic E-state index is 0.0774. The van der Waals surface area contributed by atoms with Crippen molar-refractivity contribution < 1.29 is 14.0 Å². The SMILES string of the molecule is CCNC(=O)CCNC(=O)c1ccc(F)c(N)c1. The van der Waals surface area contributed by atoms with Gasteiger partial charge in [-0.3, -0.25) is 9.59 Å². The topological polar surface area (TPSA) is 84.2 Å². The molecule has 1 aromatic carbocycles. The first kappa shape index (κ1) is 14.0. The summed E-state index contributed by atoms with van der Waals surface area (Å²) in [5, 5.41) is 5.17. The molecule has 0 radical (unpaired) electrons. The Kier molecular flexibility index (Phi) is 5.10. The van der Waals surface area contributed by atoms with Crippen LogP contribution in [0.25, 0.3) is 0 Å². The summed E-state index contributed by atoms with van der Waals surface area (Å²) in [7, 11) is 0. The summed E-state index contributed by atoms with van der Waals surface area (Å²) < 4.78 is 12.9. The first-order valence-corrected chi connectivity index (χ1v) is 5.64. The molecule has 98 valence electrons. The zero-order chi connectivity index (χ0) is 13.5. The Labute approximate surface area is 105 Å². The zero-order valence-electron chi connectivity index (χ0n) is 10.1. The van der Waals surface area contributed by atoms with E-state index in [-0.39, 0.29) is 36.0 Å². The van der Waals surface area contributed by atoms with Crippen LogP contribution < -0.4 is 16.4 Å². The van der Waals surface area contributed by atoms with Crippen LogP contribution in [-0.2, 0) is 4.79 Å². The molecule has 6 heteroatoms. The third kappa shape index (κ3) is 4.04. The fourth-order valence-electron chi connectivity index (χ4n) is 1.36. The van der Waals surface area contributed by atoms with Crippen molar-refractivity contribution in [1.82, 2.24) is 10.6 Å². The lowest BCUT2D eigenvalue weighted by Gasteiger charge is -2.06. The molecule has 0 unspecified atom stereocenters. The van der Waals surface area contributed by atoms with Gasteiger partial charge in [-0.2, -0.15) is 0 Å². The zero-order valence-corrected chi connectivity index (χ0v) is 10.1. The Morgan fingerprint density at radius 3 is 2.67 bits per heavy atom. The minimum atomic E-state index is -0.561. The van der Waals surface area contributed by atoms with Gasteiger partial charge in [-0.1, -0.05) is 0 Å². The second kappa shape index (κ2) is 6.58. The third-order valence-corrected chi connectivity index (χ3v) is 2.27. The van der Waals surface area contributed by atoms with Gasteiger partial charge in [0.1, 0.15) is 5.82 Å². The smallest absolute Gasteiger partial charge is 0.251 e. The average Bonchev–Trinajstić information content (AvgIpc) is 2.33. The lowest BCUT2D eigenvalue weighted by atomic mass is 10.2. The van der Waals surface area contributed by atoms with E-state index in [1.165, 1.54) is 12.1 Å². The van der Waals surface area contributed by atoms with Crippen LogP contribution in [0, 0.1) is 5.82 Å². The third-order valence-electron chi connectivity index (χ3n) is 2.27. The van der Waals surface area contributed by atoms with Crippen LogP contribution in [0.2, 0.25) is 0 Å². The maximum Gasteiger partial charge on any atom is 0.251 e. The highest BCUT2D eigenvalue weighted by Gasteiger charge is 2.08. The molecule has 5 nitrogen and oxygen atoms in total. The van der Waals surface area contributed by atoms with Crippen LogP contribution in [0.5, 0.6) is 0 Å². The fourth-order valence-corrected chi connectivity index (χ4v) is 1.36. The second-order valence-corrected chi connectivity index (χ2v) is 3.70. The number of carbonyl (C=O) groups is 2. The number of benzene rings is 1. The number of carbonyl (C=O) groups excluding carboxylic acids is 2. The monoisotopic (exact) mass is 253 g/mol. The van der Waals surface area contributed by atoms with Crippen LogP contribution in [0.1, 0.15) is 23.7 Å². The molecule has 0 fully saturated rings. The van der Waals surface area contributed by atoms with Crippen molar-refractivity contribution in [3.05, 3.63) is 29.6 Å². The largest absolute Gasteiger partial charge is 0.396 e. The van der Waals surface area contributed by atoms with Crippen LogP contribution in [0.4, 0.5) is 10.1 Å². The van der Waals surface area contributed by atoms with Gasteiger partial charge in [0.2, 0.25) is 5.91 Å². The number of hydrogen-bond acceptors (Lipinski definition) is 3. The highest BCUT2D eigenvalue weighted by Crippen LogP contribution is 2.11. The molecule has 0 aromatic heterocycles. The second-order valence-electron chi connectivity index (χ2n) is 3.70. The number of hydrogen-bond donors (Lipinski definition) is 3. The number of nitrogens with two attached hydrogens (primary N) is 1. The van der Waals surface area contributed by atoms with Crippen molar-refractivity contribution in [1.29, 1.82) is 0 Å². The predicted octanol–water partition coefficient (Wildman–Crippen LogP) is 0.664. The normalized spacial score (nSPS) is 9.89. The summed E-state index contributed by atoms with van der Waals surface area (Å²) in [6, 6.07) is 3.73. The van der Waals surface area contributed by atoms with E-state index in [0.29, 0.717) is 6.54 Å². The van der Waals surface area contributed by atoms with Crippen molar-refractivity contribution in [3.63, 3.8) is 0 Å². The van der Waals surface area contributed by atoms with Crippen molar-refractivity contribution >= 4 is 17.5 Å². The summed E-state index contributed by atoms with van der Waals surface area (Å²) in [5.41, 5.74) is 5.55. The van der Waals surface area contributed by atoms with Gasteiger partial charge in [0.25, 0.3) is 5.91 Å². The molecule has 0 bridgehead atoms. The van der Waals surface area contributed by atoms with E-state index in [9.17, 15) is 14.0 Å². The van der Waals surface area contributed by atoms with E-state index >= 15 is 0 Å². The molecule has 18 heavy (non-hydrogen) atoms. The van der Waals surface area contributed by atoms with Crippen molar-refractivity contribution in [3.8, 4) is 0 Å². The molecule has 0 atom stereocenters. The maximum atomic E-state index is 12.9. The number of rotatable bonds is 5. The van der Waals surface area contributed by atoms with Gasteiger partial charge in [0.15, 0.2) is 0 Å². The Balaban J connectivity index is 2.45. The van der Waals surface area contributed by atoms with Gasteiger partial charge in [-0.25, -0.2) is 4.39 Å². The molecule has 0 saturated heterocycles. The molecule has 0 aliphatic heterocycles. The minimum Gasteiger partial charge on any atom is -0.396 e. The summed E-state index contributed by atoms with van der Waals surface area (Å²) >= 11 is 0. The Bertz CT molecular complexity index is 449. The van der Waals surface area contributed by atoms with E-state index < -0.39 is 5.82 Å². The van der Waals surface area contributed by atoms with Crippen molar-refractivity contribution in [2.75, 3.05) is 18.8 Å². The summed E-state index contributed by atoms with van der Waals surface area (Å²) in [6.07, 6.45) is 0.205. The Morgan fingerprint density at radius 1 is 1.33 bits per heavy atom. The van der Waals surface area contributed by atoms with Crippen LogP contribution in [0.15, 0.2) is 18.2 Å². The highest BCUT2D eigenvalue weighted by molar-refractivity contribution is 5.95. The highest BCUT2D eigenvalue weighted by atomic mass is 19.1. The molecule has 1 aromatic rings. The summed E-state index contributed by atoms with van der Waals surface area (Å²) in [4.78, 5) is 22.8. The number of amides is 2. The first-order valence-electron chi connectivity index (χ1n) is 5.64. The molecule has 0 spiro atoms. The lowest BCUT2D eigenvalue weighted by Crippen LogP contribution is -2.30. The van der Waals surface area contributed by atoms with E-state index in [0.717, 1.165) is 6.07 Å². The molecule has 4 N–H and O–H groups in total. The van der Waals surface area contributed by atoms with E-state index in [2.05, 4.69) is 10.6 Å². The molecule has 0 aliphatic carbocycles.